The van der Waals surface area contributed by atoms with Gasteiger partial charge < -0.3 is 5.32 Å². The molecule has 2 aromatic rings. The molecule has 1 saturated carbocycles. The molecule has 1 aliphatic rings. The number of aromatic amines is 1. The van der Waals surface area contributed by atoms with Gasteiger partial charge in [0, 0.05) is 17.5 Å². The van der Waals surface area contributed by atoms with Crippen LogP contribution < -0.4 is 5.32 Å². The molecule has 0 unspecified atom stereocenters. The standard InChI is InChI=1S/C14H18N4O/c1-9-12-7-11(8-15-14(12)18-17-9)16-13(19)6-10-4-2-3-5-10/h7-8,10H,2-6H2,1H3,(H,16,19)(H,15,17,18). The van der Waals surface area contributed by atoms with Gasteiger partial charge in [-0.2, -0.15) is 5.10 Å². The summed E-state index contributed by atoms with van der Waals surface area (Å²) in [5, 5.41) is 10.9. The van der Waals surface area contributed by atoms with Crippen molar-refractivity contribution in [2.24, 2.45) is 5.92 Å². The van der Waals surface area contributed by atoms with Gasteiger partial charge >= 0.3 is 0 Å². The van der Waals surface area contributed by atoms with Crippen LogP contribution in [0.1, 0.15) is 37.8 Å². The quantitative estimate of drug-likeness (QED) is 0.889. The topological polar surface area (TPSA) is 70.7 Å². The average Bonchev–Trinajstić information content (AvgIpc) is 3.00. The van der Waals surface area contributed by atoms with Crippen molar-refractivity contribution in [3.05, 3.63) is 18.0 Å². The summed E-state index contributed by atoms with van der Waals surface area (Å²) in [5.74, 6) is 0.654. The molecule has 0 saturated heterocycles. The van der Waals surface area contributed by atoms with Crippen LogP contribution in [0.5, 0.6) is 0 Å². The van der Waals surface area contributed by atoms with E-state index in [1.54, 1.807) is 6.20 Å². The lowest BCUT2D eigenvalue weighted by atomic mass is 10.0. The maximum atomic E-state index is 12.0. The summed E-state index contributed by atoms with van der Waals surface area (Å²) >= 11 is 0. The minimum absolute atomic E-state index is 0.0918. The number of H-pyrrole nitrogens is 1. The van der Waals surface area contributed by atoms with E-state index in [0.717, 1.165) is 16.8 Å². The molecule has 5 nitrogen and oxygen atoms in total. The summed E-state index contributed by atoms with van der Waals surface area (Å²) in [6.07, 6.45) is 7.19. The van der Waals surface area contributed by atoms with Gasteiger partial charge in [0.05, 0.1) is 11.9 Å². The minimum atomic E-state index is 0.0918. The fourth-order valence-electron chi connectivity index (χ4n) is 2.78. The number of nitrogens with one attached hydrogen (secondary N) is 2. The Kier molecular flexibility index (Phi) is 3.19. The van der Waals surface area contributed by atoms with Crippen molar-refractivity contribution in [1.82, 2.24) is 15.2 Å². The van der Waals surface area contributed by atoms with E-state index >= 15 is 0 Å². The fourth-order valence-corrected chi connectivity index (χ4v) is 2.78. The fraction of sp³-hybridized carbons (Fsp3) is 0.500. The number of carbonyl (C=O) groups is 1. The van der Waals surface area contributed by atoms with E-state index in [-0.39, 0.29) is 5.91 Å². The molecule has 1 aliphatic carbocycles. The maximum absolute atomic E-state index is 12.0. The van der Waals surface area contributed by atoms with Gasteiger partial charge in [-0.25, -0.2) is 4.98 Å². The Morgan fingerprint density at radius 1 is 1.47 bits per heavy atom. The normalized spacial score (nSPS) is 16.1. The number of carbonyl (C=O) groups excluding carboxylic acids is 1. The van der Waals surface area contributed by atoms with Crippen LogP contribution in [-0.4, -0.2) is 21.1 Å². The minimum Gasteiger partial charge on any atom is -0.325 e. The highest BCUT2D eigenvalue weighted by Crippen LogP contribution is 2.28. The van der Waals surface area contributed by atoms with Gasteiger partial charge in [-0.15, -0.1) is 0 Å². The SMILES string of the molecule is Cc1[nH]nc2ncc(NC(=O)CC3CCCC3)cc12. The molecular weight excluding hydrogens is 240 g/mol. The molecule has 0 spiro atoms. The first-order valence-electron chi connectivity index (χ1n) is 6.83. The zero-order chi connectivity index (χ0) is 13.2. The van der Waals surface area contributed by atoms with Crippen LogP contribution in [0.3, 0.4) is 0 Å². The van der Waals surface area contributed by atoms with Crippen molar-refractivity contribution in [2.45, 2.75) is 39.0 Å². The number of fused-ring (bicyclic) bond motifs is 1. The van der Waals surface area contributed by atoms with Gasteiger partial charge in [-0.3, -0.25) is 9.89 Å². The Morgan fingerprint density at radius 2 is 2.26 bits per heavy atom. The predicted octanol–water partition coefficient (Wildman–Crippen LogP) is 2.79. The molecule has 0 aromatic carbocycles. The van der Waals surface area contributed by atoms with Crippen molar-refractivity contribution in [3.63, 3.8) is 0 Å². The second-order valence-electron chi connectivity index (χ2n) is 5.35. The largest absolute Gasteiger partial charge is 0.325 e. The summed E-state index contributed by atoms with van der Waals surface area (Å²) in [7, 11) is 0. The smallest absolute Gasteiger partial charge is 0.224 e. The molecule has 0 aliphatic heterocycles. The highest BCUT2D eigenvalue weighted by molar-refractivity contribution is 5.93. The molecule has 3 rings (SSSR count). The van der Waals surface area contributed by atoms with Crippen molar-refractivity contribution in [2.75, 3.05) is 5.32 Å². The number of hydrogen-bond acceptors (Lipinski definition) is 3. The van der Waals surface area contributed by atoms with Crippen molar-refractivity contribution in [1.29, 1.82) is 0 Å². The summed E-state index contributed by atoms with van der Waals surface area (Å²) in [6, 6.07) is 1.92. The molecule has 1 amide bonds. The van der Waals surface area contributed by atoms with Crippen LogP contribution in [0.2, 0.25) is 0 Å². The number of pyridine rings is 1. The van der Waals surface area contributed by atoms with Crippen LogP contribution in [0.15, 0.2) is 12.3 Å². The first-order valence-corrected chi connectivity index (χ1v) is 6.83. The van der Waals surface area contributed by atoms with Crippen LogP contribution in [0.25, 0.3) is 11.0 Å². The van der Waals surface area contributed by atoms with Gasteiger partial charge in [-0.1, -0.05) is 12.8 Å². The maximum Gasteiger partial charge on any atom is 0.224 e. The molecule has 0 atom stereocenters. The molecule has 5 heteroatoms. The third kappa shape index (κ3) is 2.59. The first-order chi connectivity index (χ1) is 9.22. The Hall–Kier alpha value is -1.91. The summed E-state index contributed by atoms with van der Waals surface area (Å²) in [6.45, 7) is 1.95. The Morgan fingerprint density at radius 3 is 3.05 bits per heavy atom. The zero-order valence-corrected chi connectivity index (χ0v) is 11.1. The summed E-state index contributed by atoms with van der Waals surface area (Å²) in [5.41, 5.74) is 2.40. The molecule has 2 N–H and O–H groups in total. The third-order valence-corrected chi connectivity index (χ3v) is 3.83. The molecule has 0 bridgehead atoms. The highest BCUT2D eigenvalue weighted by atomic mass is 16.1. The molecule has 2 heterocycles. The van der Waals surface area contributed by atoms with Crippen molar-refractivity contribution < 1.29 is 4.79 Å². The lowest BCUT2D eigenvalue weighted by Gasteiger charge is -2.09. The van der Waals surface area contributed by atoms with E-state index in [4.69, 9.17) is 0 Å². The second-order valence-corrected chi connectivity index (χ2v) is 5.35. The summed E-state index contributed by atoms with van der Waals surface area (Å²) in [4.78, 5) is 16.2. The predicted molar refractivity (Wildman–Crippen MR) is 73.8 cm³/mol. The number of aryl methyl sites for hydroxylation is 1. The van der Waals surface area contributed by atoms with Crippen LogP contribution in [0.4, 0.5) is 5.69 Å². The highest BCUT2D eigenvalue weighted by Gasteiger charge is 2.18. The van der Waals surface area contributed by atoms with E-state index in [1.807, 2.05) is 13.0 Å². The monoisotopic (exact) mass is 258 g/mol. The van der Waals surface area contributed by atoms with Gasteiger partial charge in [0.15, 0.2) is 5.65 Å². The van der Waals surface area contributed by atoms with Crippen molar-refractivity contribution in [3.8, 4) is 0 Å². The number of nitrogens with zero attached hydrogens (tertiary/aromatic N) is 2. The number of hydrogen-bond donors (Lipinski definition) is 2. The number of amides is 1. The molecule has 2 aromatic heterocycles. The Balaban J connectivity index is 1.69. The van der Waals surface area contributed by atoms with Crippen molar-refractivity contribution >= 4 is 22.6 Å². The zero-order valence-electron chi connectivity index (χ0n) is 11.1. The molecular formula is C14H18N4O. The average molecular weight is 258 g/mol. The first kappa shape index (κ1) is 12.1. The third-order valence-electron chi connectivity index (χ3n) is 3.83. The van der Waals surface area contributed by atoms with Crippen LogP contribution >= 0.6 is 0 Å². The van der Waals surface area contributed by atoms with Gasteiger partial charge in [0.25, 0.3) is 0 Å². The number of aromatic nitrogens is 3. The Bertz CT molecular complexity index is 599. The van der Waals surface area contributed by atoms with Gasteiger partial charge in [-0.05, 0) is 31.7 Å². The van der Waals surface area contributed by atoms with E-state index in [1.165, 1.54) is 25.7 Å². The van der Waals surface area contributed by atoms with E-state index in [9.17, 15) is 4.79 Å². The van der Waals surface area contributed by atoms with E-state index < -0.39 is 0 Å². The molecule has 100 valence electrons. The van der Waals surface area contributed by atoms with E-state index in [2.05, 4.69) is 20.5 Å². The summed E-state index contributed by atoms with van der Waals surface area (Å²) < 4.78 is 0. The number of rotatable bonds is 3. The lowest BCUT2D eigenvalue weighted by Crippen LogP contribution is -2.15. The molecule has 1 fully saturated rings. The second kappa shape index (κ2) is 4.99. The lowest BCUT2D eigenvalue weighted by molar-refractivity contribution is -0.117. The van der Waals surface area contributed by atoms with Crippen LogP contribution in [0, 0.1) is 12.8 Å². The van der Waals surface area contributed by atoms with Gasteiger partial charge in [0.2, 0.25) is 5.91 Å². The van der Waals surface area contributed by atoms with Gasteiger partial charge in [0.1, 0.15) is 0 Å². The number of anilines is 1. The molecule has 0 radical (unpaired) electrons. The Labute approximate surface area is 111 Å². The molecule has 19 heavy (non-hydrogen) atoms. The van der Waals surface area contributed by atoms with Crippen LogP contribution in [-0.2, 0) is 4.79 Å². The van der Waals surface area contributed by atoms with E-state index in [0.29, 0.717) is 18.0 Å².